The number of aromatic nitrogens is 1. The number of nitrogens with one attached hydrogen (secondary N) is 1. The Morgan fingerprint density at radius 2 is 2.05 bits per heavy atom. The molecule has 1 amide bonds. The molecule has 0 bridgehead atoms. The van der Waals surface area contributed by atoms with E-state index in [4.69, 9.17) is 9.47 Å². The van der Waals surface area contributed by atoms with Gasteiger partial charge in [-0.05, 0) is 47.0 Å². The molecular weight excluding hydrogens is 336 g/mol. The third-order valence-corrected chi connectivity index (χ3v) is 4.05. The van der Waals surface area contributed by atoms with Gasteiger partial charge < -0.3 is 19.4 Å². The molecule has 1 aliphatic heterocycles. The van der Waals surface area contributed by atoms with Crippen molar-refractivity contribution in [1.82, 2.24) is 4.57 Å². The van der Waals surface area contributed by atoms with E-state index < -0.39 is 0 Å². The number of anilines is 1. The van der Waals surface area contributed by atoms with E-state index in [1.807, 2.05) is 22.9 Å². The lowest BCUT2D eigenvalue weighted by molar-refractivity contribution is 0.101. The van der Waals surface area contributed by atoms with Crippen molar-refractivity contribution >= 4 is 27.5 Å². The maximum atomic E-state index is 12.5. The Kier molecular flexibility index (Phi) is 2.92. The predicted octanol–water partition coefficient (Wildman–Crippen LogP) is 3.57. The first kappa shape index (κ1) is 12.8. The second-order valence-electron chi connectivity index (χ2n) is 5.20. The number of hydrogen-bond donors (Lipinski definition) is 1. The SMILES string of the molecule is O=C(Nc1ccc2c(c1)OCO2)c1cc(Br)cn1C1CC1. The molecule has 1 aromatic heterocycles. The number of halogens is 1. The van der Waals surface area contributed by atoms with Crippen molar-refractivity contribution in [3.63, 3.8) is 0 Å². The Labute approximate surface area is 130 Å². The Morgan fingerprint density at radius 1 is 1.24 bits per heavy atom. The van der Waals surface area contributed by atoms with Gasteiger partial charge in [0.15, 0.2) is 11.5 Å². The van der Waals surface area contributed by atoms with Gasteiger partial charge in [0.1, 0.15) is 5.69 Å². The van der Waals surface area contributed by atoms with Crippen LogP contribution < -0.4 is 14.8 Å². The van der Waals surface area contributed by atoms with Gasteiger partial charge in [-0.1, -0.05) is 0 Å². The van der Waals surface area contributed by atoms with Gasteiger partial charge in [0.25, 0.3) is 5.91 Å². The van der Waals surface area contributed by atoms with E-state index >= 15 is 0 Å². The molecule has 1 N–H and O–H groups in total. The molecular formula is C15H13BrN2O3. The van der Waals surface area contributed by atoms with Crippen molar-refractivity contribution in [3.05, 3.63) is 40.6 Å². The molecule has 1 aliphatic carbocycles. The quantitative estimate of drug-likeness (QED) is 0.922. The zero-order valence-electron chi connectivity index (χ0n) is 11.1. The summed E-state index contributed by atoms with van der Waals surface area (Å²) >= 11 is 3.44. The number of carbonyl (C=O) groups is 1. The fourth-order valence-corrected chi connectivity index (χ4v) is 2.89. The highest BCUT2D eigenvalue weighted by Crippen LogP contribution is 2.38. The van der Waals surface area contributed by atoms with Crippen molar-refractivity contribution in [2.75, 3.05) is 12.1 Å². The third kappa shape index (κ3) is 2.40. The minimum absolute atomic E-state index is 0.119. The normalized spacial score (nSPS) is 16.0. The highest BCUT2D eigenvalue weighted by molar-refractivity contribution is 9.10. The van der Waals surface area contributed by atoms with Crippen LogP contribution in [0.3, 0.4) is 0 Å². The molecule has 21 heavy (non-hydrogen) atoms. The van der Waals surface area contributed by atoms with Crippen LogP contribution in [0.4, 0.5) is 5.69 Å². The molecule has 0 radical (unpaired) electrons. The maximum Gasteiger partial charge on any atom is 0.272 e. The lowest BCUT2D eigenvalue weighted by Gasteiger charge is -2.09. The molecule has 0 unspecified atom stereocenters. The maximum absolute atomic E-state index is 12.5. The molecule has 0 spiro atoms. The predicted molar refractivity (Wildman–Crippen MR) is 80.9 cm³/mol. The standard InChI is InChI=1S/C15H13BrN2O3/c16-9-5-12(18(7-9)11-2-3-11)15(19)17-10-1-4-13-14(6-10)21-8-20-13/h1,4-7,11H,2-3,8H2,(H,17,19). The Balaban J connectivity index is 1.58. The van der Waals surface area contributed by atoms with Gasteiger partial charge in [0.2, 0.25) is 6.79 Å². The number of benzene rings is 1. The summed E-state index contributed by atoms with van der Waals surface area (Å²) < 4.78 is 13.5. The number of hydrogen-bond acceptors (Lipinski definition) is 3. The van der Waals surface area contributed by atoms with Crippen molar-refractivity contribution in [1.29, 1.82) is 0 Å². The molecule has 2 heterocycles. The first-order valence-electron chi connectivity index (χ1n) is 6.79. The van der Waals surface area contributed by atoms with Crippen molar-refractivity contribution in [2.45, 2.75) is 18.9 Å². The van der Waals surface area contributed by atoms with Crippen LogP contribution in [0.1, 0.15) is 29.4 Å². The van der Waals surface area contributed by atoms with Gasteiger partial charge >= 0.3 is 0 Å². The van der Waals surface area contributed by atoms with E-state index in [0.717, 1.165) is 17.3 Å². The topological polar surface area (TPSA) is 52.5 Å². The Bertz CT molecular complexity index is 722. The zero-order valence-corrected chi connectivity index (χ0v) is 12.7. The molecule has 5 nitrogen and oxygen atoms in total. The van der Waals surface area contributed by atoms with Crippen LogP contribution in [0.25, 0.3) is 0 Å². The summed E-state index contributed by atoms with van der Waals surface area (Å²) in [5, 5.41) is 2.91. The lowest BCUT2D eigenvalue weighted by atomic mass is 10.2. The van der Waals surface area contributed by atoms with Crippen LogP contribution in [-0.2, 0) is 0 Å². The second-order valence-corrected chi connectivity index (χ2v) is 6.12. The van der Waals surface area contributed by atoms with Gasteiger partial charge in [-0.2, -0.15) is 0 Å². The van der Waals surface area contributed by atoms with Crippen LogP contribution in [0.15, 0.2) is 34.9 Å². The van der Waals surface area contributed by atoms with Crippen molar-refractivity contribution in [2.24, 2.45) is 0 Å². The molecule has 1 fully saturated rings. The van der Waals surface area contributed by atoms with Gasteiger partial charge in [0.05, 0.1) is 0 Å². The summed E-state index contributed by atoms with van der Waals surface area (Å²) in [5.74, 6) is 1.25. The van der Waals surface area contributed by atoms with Gasteiger partial charge in [0, 0.05) is 28.5 Å². The number of fused-ring (bicyclic) bond motifs is 1. The molecule has 0 saturated heterocycles. The average molecular weight is 349 g/mol. The van der Waals surface area contributed by atoms with Crippen LogP contribution in [0, 0.1) is 0 Å². The smallest absolute Gasteiger partial charge is 0.272 e. The van der Waals surface area contributed by atoms with E-state index in [9.17, 15) is 4.79 Å². The van der Waals surface area contributed by atoms with E-state index in [-0.39, 0.29) is 12.7 Å². The second kappa shape index (κ2) is 4.80. The van der Waals surface area contributed by atoms with Crippen LogP contribution in [-0.4, -0.2) is 17.3 Å². The van der Waals surface area contributed by atoms with Gasteiger partial charge in [-0.15, -0.1) is 0 Å². The summed E-state index contributed by atoms with van der Waals surface area (Å²) in [5.41, 5.74) is 1.37. The molecule has 1 aromatic carbocycles. The minimum Gasteiger partial charge on any atom is -0.454 e. The van der Waals surface area contributed by atoms with Gasteiger partial charge in [-0.25, -0.2) is 0 Å². The summed E-state index contributed by atoms with van der Waals surface area (Å²) in [6.07, 6.45) is 4.23. The van der Waals surface area contributed by atoms with Crippen LogP contribution in [0.2, 0.25) is 0 Å². The molecule has 0 atom stereocenters. The van der Waals surface area contributed by atoms with E-state index in [0.29, 0.717) is 28.9 Å². The fourth-order valence-electron chi connectivity index (χ4n) is 2.45. The van der Waals surface area contributed by atoms with Gasteiger partial charge in [-0.3, -0.25) is 4.79 Å². The molecule has 6 heteroatoms. The number of nitrogens with zero attached hydrogens (tertiary/aromatic N) is 1. The lowest BCUT2D eigenvalue weighted by Crippen LogP contribution is -2.16. The Morgan fingerprint density at radius 3 is 2.86 bits per heavy atom. The number of carbonyl (C=O) groups excluding carboxylic acids is 1. The number of amides is 1. The summed E-state index contributed by atoms with van der Waals surface area (Å²) in [4.78, 5) is 12.5. The molecule has 2 aliphatic rings. The zero-order chi connectivity index (χ0) is 14.4. The van der Waals surface area contributed by atoms with Crippen molar-refractivity contribution in [3.8, 4) is 11.5 Å². The Hall–Kier alpha value is -1.95. The largest absolute Gasteiger partial charge is 0.454 e. The molecule has 2 aromatic rings. The molecule has 1 saturated carbocycles. The first-order valence-corrected chi connectivity index (χ1v) is 7.58. The van der Waals surface area contributed by atoms with Crippen LogP contribution in [0.5, 0.6) is 11.5 Å². The summed E-state index contributed by atoms with van der Waals surface area (Å²) in [6.45, 7) is 0.226. The third-order valence-electron chi connectivity index (χ3n) is 3.62. The highest BCUT2D eigenvalue weighted by Gasteiger charge is 2.28. The minimum atomic E-state index is -0.119. The van der Waals surface area contributed by atoms with Crippen LogP contribution >= 0.6 is 15.9 Å². The fraction of sp³-hybridized carbons (Fsp3) is 0.267. The van der Waals surface area contributed by atoms with E-state index in [1.165, 1.54) is 0 Å². The number of rotatable bonds is 3. The number of ether oxygens (including phenoxy) is 2. The molecule has 4 rings (SSSR count). The highest BCUT2D eigenvalue weighted by atomic mass is 79.9. The first-order chi connectivity index (χ1) is 10.2. The van der Waals surface area contributed by atoms with E-state index in [2.05, 4.69) is 21.2 Å². The summed E-state index contributed by atoms with van der Waals surface area (Å²) in [7, 11) is 0. The van der Waals surface area contributed by atoms with Crippen molar-refractivity contribution < 1.29 is 14.3 Å². The van der Waals surface area contributed by atoms with E-state index in [1.54, 1.807) is 12.1 Å². The average Bonchev–Trinajstić information content (AvgIpc) is 3.07. The summed E-state index contributed by atoms with van der Waals surface area (Å²) in [6, 6.07) is 7.69. The monoisotopic (exact) mass is 348 g/mol. The molecule has 108 valence electrons.